The number of nitrogens with one attached hydrogen (secondary N) is 2. The smallest absolute Gasteiger partial charge is 0.337 e. The molecule has 9 heteroatoms. The Balaban J connectivity index is 2.80. The zero-order valence-electron chi connectivity index (χ0n) is 12.3. The van der Waals surface area contributed by atoms with Crippen LogP contribution in [0.15, 0.2) is 16.6 Å². The van der Waals surface area contributed by atoms with E-state index >= 15 is 0 Å². The van der Waals surface area contributed by atoms with Crippen molar-refractivity contribution in [3.05, 3.63) is 16.6 Å². The SMILES string of the molecule is COc1cc(OC)c(NC(=O)NCC(C)(O)C(=O)O)cc1Br. The zero-order chi connectivity index (χ0) is 16.9. The van der Waals surface area contributed by atoms with E-state index in [1.54, 1.807) is 12.1 Å². The highest BCUT2D eigenvalue weighted by Crippen LogP contribution is 2.36. The number of carboxylic acid groups (broad SMARTS) is 1. The van der Waals surface area contributed by atoms with Crippen molar-refractivity contribution < 1.29 is 29.3 Å². The number of rotatable bonds is 6. The van der Waals surface area contributed by atoms with E-state index < -0.39 is 24.1 Å². The number of aliphatic carboxylic acids is 1. The minimum atomic E-state index is -2.05. The Morgan fingerprint density at radius 1 is 1.27 bits per heavy atom. The lowest BCUT2D eigenvalue weighted by Gasteiger charge is -2.19. The minimum absolute atomic E-state index is 0.350. The van der Waals surface area contributed by atoms with Crippen LogP contribution in [0.1, 0.15) is 6.92 Å². The summed E-state index contributed by atoms with van der Waals surface area (Å²) in [4.78, 5) is 22.5. The number of hydrogen-bond acceptors (Lipinski definition) is 5. The third-order valence-electron chi connectivity index (χ3n) is 2.78. The molecule has 4 N–H and O–H groups in total. The van der Waals surface area contributed by atoms with Crippen molar-refractivity contribution in [2.45, 2.75) is 12.5 Å². The predicted molar refractivity (Wildman–Crippen MR) is 82.5 cm³/mol. The molecule has 0 aromatic heterocycles. The molecule has 0 saturated heterocycles. The second-order valence-corrected chi connectivity index (χ2v) is 5.43. The number of methoxy groups -OCH3 is 2. The lowest BCUT2D eigenvalue weighted by atomic mass is 10.1. The highest BCUT2D eigenvalue weighted by Gasteiger charge is 2.30. The molecule has 0 bridgehead atoms. The number of ether oxygens (including phenoxy) is 2. The molecule has 1 aromatic rings. The number of carbonyl (C=O) groups is 2. The van der Waals surface area contributed by atoms with Crippen molar-refractivity contribution in [2.24, 2.45) is 0 Å². The summed E-state index contributed by atoms with van der Waals surface area (Å²) < 4.78 is 10.9. The highest BCUT2D eigenvalue weighted by molar-refractivity contribution is 9.10. The van der Waals surface area contributed by atoms with Gasteiger partial charge in [0.15, 0.2) is 5.60 Å². The molecule has 2 amide bonds. The molecule has 0 fully saturated rings. The second-order valence-electron chi connectivity index (χ2n) is 4.57. The number of carboxylic acids is 1. The van der Waals surface area contributed by atoms with Crippen LogP contribution in [0.4, 0.5) is 10.5 Å². The molecule has 1 aromatic carbocycles. The normalized spacial score (nSPS) is 13.0. The topological polar surface area (TPSA) is 117 Å². The molecule has 0 aliphatic carbocycles. The van der Waals surface area contributed by atoms with Crippen LogP contribution in [0.5, 0.6) is 11.5 Å². The molecule has 0 spiro atoms. The number of carbonyl (C=O) groups excluding carboxylic acids is 1. The lowest BCUT2D eigenvalue weighted by Crippen LogP contribution is -2.47. The van der Waals surface area contributed by atoms with Crippen molar-refractivity contribution in [3.8, 4) is 11.5 Å². The number of halogens is 1. The summed E-state index contributed by atoms with van der Waals surface area (Å²) in [5, 5.41) is 23.1. The number of aliphatic hydroxyl groups is 1. The maximum atomic E-state index is 11.8. The molecule has 8 nitrogen and oxygen atoms in total. The molecule has 1 unspecified atom stereocenters. The van der Waals surface area contributed by atoms with E-state index in [4.69, 9.17) is 14.6 Å². The van der Waals surface area contributed by atoms with Crippen LogP contribution >= 0.6 is 15.9 Å². The number of hydrogen-bond donors (Lipinski definition) is 4. The Labute approximate surface area is 135 Å². The van der Waals surface area contributed by atoms with Crippen LogP contribution in [0.2, 0.25) is 0 Å². The van der Waals surface area contributed by atoms with E-state index in [1.165, 1.54) is 14.2 Å². The van der Waals surface area contributed by atoms with Gasteiger partial charge in [0.25, 0.3) is 0 Å². The average molecular weight is 377 g/mol. The first-order valence-electron chi connectivity index (χ1n) is 6.13. The number of urea groups is 1. The van der Waals surface area contributed by atoms with E-state index in [1.807, 2.05) is 0 Å². The largest absolute Gasteiger partial charge is 0.495 e. The van der Waals surface area contributed by atoms with Crippen LogP contribution in [0.25, 0.3) is 0 Å². The summed E-state index contributed by atoms with van der Waals surface area (Å²) in [5.41, 5.74) is -1.70. The van der Waals surface area contributed by atoms with E-state index in [0.717, 1.165) is 6.92 Å². The third-order valence-corrected chi connectivity index (χ3v) is 3.40. The first-order valence-corrected chi connectivity index (χ1v) is 6.92. The Bertz CT molecular complexity index is 576. The van der Waals surface area contributed by atoms with Crippen LogP contribution in [-0.4, -0.2) is 48.6 Å². The van der Waals surface area contributed by atoms with Gasteiger partial charge in [0.05, 0.1) is 30.9 Å². The highest BCUT2D eigenvalue weighted by atomic mass is 79.9. The fourth-order valence-electron chi connectivity index (χ4n) is 1.45. The van der Waals surface area contributed by atoms with Gasteiger partial charge in [0.2, 0.25) is 0 Å². The van der Waals surface area contributed by atoms with Gasteiger partial charge >= 0.3 is 12.0 Å². The molecule has 0 radical (unpaired) electrons. The molecule has 122 valence electrons. The van der Waals surface area contributed by atoms with E-state index in [9.17, 15) is 14.7 Å². The maximum Gasteiger partial charge on any atom is 0.337 e. The molecular formula is C13H17BrN2O6. The molecule has 22 heavy (non-hydrogen) atoms. The predicted octanol–water partition coefficient (Wildman–Crippen LogP) is 1.42. The van der Waals surface area contributed by atoms with Crippen molar-refractivity contribution in [2.75, 3.05) is 26.1 Å². The Hall–Kier alpha value is -2.00. The quantitative estimate of drug-likeness (QED) is 0.596. The van der Waals surface area contributed by atoms with Crippen molar-refractivity contribution in [1.29, 1.82) is 0 Å². The second kappa shape index (κ2) is 7.32. The Morgan fingerprint density at radius 2 is 1.86 bits per heavy atom. The van der Waals surface area contributed by atoms with Crippen LogP contribution in [-0.2, 0) is 4.79 Å². The summed E-state index contributed by atoms with van der Waals surface area (Å²) in [6.07, 6.45) is 0. The van der Waals surface area contributed by atoms with Crippen LogP contribution < -0.4 is 20.1 Å². The van der Waals surface area contributed by atoms with Gasteiger partial charge in [-0.15, -0.1) is 0 Å². The van der Waals surface area contributed by atoms with Crippen LogP contribution in [0, 0.1) is 0 Å². The molecular weight excluding hydrogens is 360 g/mol. The summed E-state index contributed by atoms with van der Waals surface area (Å²) in [5.74, 6) is -0.547. The van der Waals surface area contributed by atoms with Gasteiger partial charge in [-0.05, 0) is 28.9 Å². The fraction of sp³-hybridized carbons (Fsp3) is 0.385. The maximum absolute atomic E-state index is 11.8. The molecule has 1 rings (SSSR count). The van der Waals surface area contributed by atoms with E-state index in [2.05, 4.69) is 26.6 Å². The average Bonchev–Trinajstić information content (AvgIpc) is 2.45. The van der Waals surface area contributed by atoms with Gasteiger partial charge < -0.3 is 30.3 Å². The van der Waals surface area contributed by atoms with E-state index in [-0.39, 0.29) is 0 Å². The van der Waals surface area contributed by atoms with Gasteiger partial charge in [-0.1, -0.05) is 0 Å². The Kier molecular flexibility index (Phi) is 6.01. The molecule has 1 atom stereocenters. The fourth-order valence-corrected chi connectivity index (χ4v) is 1.96. The first kappa shape index (κ1) is 18.1. The van der Waals surface area contributed by atoms with Crippen molar-refractivity contribution in [3.63, 3.8) is 0 Å². The molecule has 0 saturated carbocycles. The van der Waals surface area contributed by atoms with Crippen LogP contribution in [0.3, 0.4) is 0 Å². The summed E-state index contributed by atoms with van der Waals surface area (Å²) in [7, 11) is 2.92. The van der Waals surface area contributed by atoms with Gasteiger partial charge in [-0.3, -0.25) is 0 Å². The molecule has 0 aliphatic heterocycles. The summed E-state index contributed by atoms with van der Waals surface area (Å²) in [6.45, 7) is 0.633. The van der Waals surface area contributed by atoms with Gasteiger partial charge in [-0.2, -0.15) is 0 Å². The van der Waals surface area contributed by atoms with Crippen molar-refractivity contribution in [1.82, 2.24) is 5.32 Å². The summed E-state index contributed by atoms with van der Waals surface area (Å²) >= 11 is 3.28. The van der Waals surface area contributed by atoms with Gasteiger partial charge in [-0.25, -0.2) is 9.59 Å². The standard InChI is InChI=1S/C13H17BrN2O6/c1-13(20,11(17)18)6-15-12(19)16-8-4-7(14)9(21-2)5-10(8)22-3/h4-5,20H,6H2,1-3H3,(H,17,18)(H2,15,16,19). The lowest BCUT2D eigenvalue weighted by molar-refractivity contribution is -0.155. The zero-order valence-corrected chi connectivity index (χ0v) is 13.9. The van der Waals surface area contributed by atoms with E-state index in [0.29, 0.717) is 21.7 Å². The number of anilines is 1. The molecule has 0 heterocycles. The van der Waals surface area contributed by atoms with Gasteiger partial charge in [0, 0.05) is 6.07 Å². The monoisotopic (exact) mass is 376 g/mol. The first-order chi connectivity index (χ1) is 10.2. The molecule has 0 aliphatic rings. The van der Waals surface area contributed by atoms with Gasteiger partial charge in [0.1, 0.15) is 11.5 Å². The third kappa shape index (κ3) is 4.50. The Morgan fingerprint density at radius 3 is 2.36 bits per heavy atom. The number of amides is 2. The van der Waals surface area contributed by atoms with Crippen molar-refractivity contribution >= 4 is 33.6 Å². The minimum Gasteiger partial charge on any atom is -0.495 e. The number of benzene rings is 1. The summed E-state index contributed by atoms with van der Waals surface area (Å²) in [6, 6.07) is 2.47.